The summed E-state index contributed by atoms with van der Waals surface area (Å²) < 4.78 is 126. The van der Waals surface area contributed by atoms with Crippen LogP contribution in [0, 0.1) is 13.1 Å². The second-order valence-electron chi connectivity index (χ2n) is 34.0. The summed E-state index contributed by atoms with van der Waals surface area (Å²) in [4.78, 5) is 118. The van der Waals surface area contributed by atoms with E-state index in [1.165, 1.54) is 52.0 Å². The second kappa shape index (κ2) is 48.3. The van der Waals surface area contributed by atoms with Crippen molar-refractivity contribution in [3.05, 3.63) is 227 Å². The van der Waals surface area contributed by atoms with Crippen LogP contribution >= 0.6 is 30.9 Å². The molecule has 12 aromatic rings. The molecular formula is C90H108N26O20P4. The molecule has 2 unspecified atom stereocenters. The highest BCUT2D eigenvalue weighted by Crippen LogP contribution is 2.64. The fourth-order valence-electron chi connectivity index (χ4n) is 15.1. The number of rotatable bonds is 40. The topological polar surface area (TPSA) is 524 Å². The van der Waals surface area contributed by atoms with Crippen LogP contribution in [0.3, 0.4) is 0 Å². The van der Waals surface area contributed by atoms with Gasteiger partial charge in [0.1, 0.15) is 94.0 Å². The molecule has 0 bridgehead atoms. The Balaban J connectivity index is 0.000000209. The van der Waals surface area contributed by atoms with Crippen LogP contribution in [0.2, 0.25) is 0 Å². The minimum atomic E-state index is -3.99. The number of fused-ring (bicyclic) bond motifs is 4. The number of imidazole rings is 4. The molecule has 8 aromatic heterocycles. The Bertz CT molecular complexity index is 6540. The molecule has 0 radical (unpaired) electrons. The summed E-state index contributed by atoms with van der Waals surface area (Å²) in [6, 6.07) is 35.2. The smallest absolute Gasteiger partial charge is 0.362 e. The molecular weight excluding hydrogens is 1890 g/mol. The highest BCUT2D eigenvalue weighted by Gasteiger charge is 2.48. The molecule has 46 nitrogen and oxygen atoms in total. The van der Waals surface area contributed by atoms with Crippen molar-refractivity contribution < 1.29 is 93.3 Å². The highest BCUT2D eigenvalue weighted by molar-refractivity contribution is 7.68. The monoisotopic (exact) mass is 2000 g/mol. The molecule has 0 aliphatic carbocycles. The van der Waals surface area contributed by atoms with E-state index < -0.39 is 105 Å². The molecule has 4 aliphatic heterocycles. The third-order valence-corrected chi connectivity index (χ3v) is 27.1. The molecule has 4 saturated heterocycles. The van der Waals surface area contributed by atoms with Gasteiger partial charge in [-0.1, -0.05) is 72.8 Å². The van der Waals surface area contributed by atoms with E-state index in [2.05, 4.69) is 105 Å². The quantitative estimate of drug-likeness (QED) is 0.00692. The summed E-state index contributed by atoms with van der Waals surface area (Å²) in [6.07, 6.45) is 5.01. The maximum Gasteiger partial charge on any atom is 0.362 e. The SMILES string of the molecule is CP(C)(=O)N=[N+]=[N-].[C-]#[N+]CCOP(=NP(C)(C)=O)(OC[C@H]1O[C@@H](n2cnc3c(NC(=O)c4ccccc4)ncnc32)C[C@H]1OC(C)C)O[C@@H]1C[C@H](n2cnc3c(NC(=O)c4ccccc4)ncnc32)O[C@@H]1COC(C)C.[C-]#[N+]CCOP(OC[C@H]1O[C@@H](n2cnc3c(NC(=O)c4ccccc4)ncnc32)C[C@H]1OC(C)C)O[C@@H]1C[C@H](n2cnc3c(NC(=O)c4ccccc4)ncnc32)O[C@@H]1COC(C)C. The van der Waals surface area contributed by atoms with Crippen LogP contribution < -0.4 is 21.3 Å². The summed E-state index contributed by atoms with van der Waals surface area (Å²) in [5.74, 6) is -0.390. The summed E-state index contributed by atoms with van der Waals surface area (Å²) in [5, 5.41) is 11.4. The number of carbonyl (C=O) groups excluding carboxylic acids is 4. The fraction of sp³-hybridized carbons (Fsp3) is 0.444. The first-order valence-corrected chi connectivity index (χ1v) is 52.6. The first-order chi connectivity index (χ1) is 67.4. The summed E-state index contributed by atoms with van der Waals surface area (Å²) in [5.41, 5.74) is 12.8. The Morgan fingerprint density at radius 1 is 0.429 bits per heavy atom. The molecule has 4 aromatic carbocycles. The lowest BCUT2D eigenvalue weighted by molar-refractivity contribution is -0.0807. The normalized spacial score (nSPS) is 20.9. The molecule has 4 aliphatic rings. The first-order valence-electron chi connectivity index (χ1n) is 44.9. The Kier molecular flexibility index (Phi) is 35.8. The van der Waals surface area contributed by atoms with Gasteiger partial charge in [-0.25, -0.2) is 73.0 Å². The van der Waals surface area contributed by atoms with Crippen LogP contribution in [0.15, 0.2) is 181 Å². The third-order valence-electron chi connectivity index (χ3n) is 21.2. The summed E-state index contributed by atoms with van der Waals surface area (Å²) >= 11 is 0. The maximum absolute atomic E-state index is 13.8. The number of nitrogens with one attached hydrogen (secondary N) is 4. The van der Waals surface area contributed by atoms with Gasteiger partial charge in [-0.2, -0.15) is 4.52 Å². The summed E-state index contributed by atoms with van der Waals surface area (Å²) in [6.45, 7) is 36.1. The van der Waals surface area contributed by atoms with Gasteiger partial charge in [-0.05, 0) is 128 Å². The van der Waals surface area contributed by atoms with Gasteiger partial charge in [-0.15, -0.1) is 0 Å². The van der Waals surface area contributed by atoms with Crippen LogP contribution in [-0.2, 0) is 74.2 Å². The van der Waals surface area contributed by atoms with E-state index in [1.54, 1.807) is 141 Å². The lowest BCUT2D eigenvalue weighted by Gasteiger charge is -2.30. The Labute approximate surface area is 806 Å². The number of benzene rings is 4. The van der Waals surface area contributed by atoms with Crippen molar-refractivity contribution in [3.63, 3.8) is 0 Å². The molecule has 4 N–H and O–H groups in total. The van der Waals surface area contributed by atoms with Crippen molar-refractivity contribution >= 4 is 122 Å². The highest BCUT2D eigenvalue weighted by atomic mass is 31.2. The van der Waals surface area contributed by atoms with Crippen LogP contribution in [0.5, 0.6) is 0 Å². The van der Waals surface area contributed by atoms with E-state index >= 15 is 0 Å². The van der Waals surface area contributed by atoms with Gasteiger partial charge in [0.25, 0.3) is 23.6 Å². The number of anilines is 4. The Morgan fingerprint density at radius 3 is 1.08 bits per heavy atom. The van der Waals surface area contributed by atoms with Crippen molar-refractivity contribution in [2.45, 2.75) is 179 Å². The molecule has 50 heteroatoms. The largest absolute Gasteiger partial charge is 0.376 e. The number of ether oxygens (including phenoxy) is 8. The van der Waals surface area contributed by atoms with E-state index in [0.717, 1.165) is 0 Å². The standard InChI is InChI=1S/C45H54N12O10P2.C43H48N11O9P.C2H6N3OP/c1-28(2)61-22-34-33(21-37(65-34)57-27-52-39-41(48-25-50-43(39)57)54-45(59)31-16-12-9-13-17-31)67-69(55-68(6,7)60,62-19-18-46-5)63-23-35-32(64-29(3)4)20-36(66-35)56-26-51-38-40(47-24-49-42(38)56)53-44(58)30-14-10-8-11-15-30;1-26(2)57-20-32-31(19-35(61-32)54-25-50-37-39(46-23-48-41(37)54)52-43(56)29-14-10-7-11-15-29)63-64(58-17-16-44-5)59-21-33-30(60-27(3)4)18-34(62-33)53-24-49-36-38(45-22-47-40(36)53)51-42(55)28-12-8-6-9-13-28;1-7(2,6)5-4-3/h8-17,24-29,32-37H,18-23H2,1-4,6-7H3,(H,47,49,53,58)(H,48,50,54,59);6-15,22-27,30-35H,16-21H2,1-4H3,(H,45,47,51,55)(H,46,48,52,56);1-2H3/t32-,33-,34-,35-,36-,37-,69?;30-,31-,32-,33-,34-,35-,64?;/m11./s1. The minimum absolute atomic E-state index is 0.0301. The van der Waals surface area contributed by atoms with Crippen molar-refractivity contribution in [1.82, 2.24) is 78.1 Å². The number of amides is 4. The van der Waals surface area contributed by atoms with Crippen molar-refractivity contribution in [1.29, 1.82) is 0 Å². The molecule has 0 spiro atoms. The van der Waals surface area contributed by atoms with E-state index in [4.69, 9.17) is 83.7 Å². The second-order valence-corrected chi connectivity index (χ2v) is 42.9. The van der Waals surface area contributed by atoms with Gasteiger partial charge < -0.3 is 87.0 Å². The molecule has 14 atom stereocenters. The van der Waals surface area contributed by atoms with Crippen LogP contribution in [0.25, 0.3) is 64.8 Å². The van der Waals surface area contributed by atoms with Gasteiger partial charge in [0.15, 0.2) is 82.5 Å². The predicted molar refractivity (Wildman–Crippen MR) is 516 cm³/mol. The molecule has 12 heterocycles. The number of hydrogen-bond acceptors (Lipinski definition) is 32. The van der Waals surface area contributed by atoms with Gasteiger partial charge >= 0.3 is 16.3 Å². The molecule has 0 saturated carbocycles. The number of azide groups is 1. The number of hydrogen-bond donors (Lipinski definition) is 4. The molecule has 16 rings (SSSR count). The van der Waals surface area contributed by atoms with Gasteiger partial charge in [0, 0.05) is 66.2 Å². The average molecular weight is 2000 g/mol. The zero-order valence-electron chi connectivity index (χ0n) is 78.7. The number of aromatic nitrogens is 16. The summed E-state index contributed by atoms with van der Waals surface area (Å²) in [7, 11) is -11.8. The van der Waals surface area contributed by atoms with Crippen LogP contribution in [0.4, 0.5) is 23.3 Å². The first kappa shape index (κ1) is 104. The third kappa shape index (κ3) is 27.5. The fourth-order valence-corrected chi connectivity index (χ4v) is 20.6. The zero-order valence-corrected chi connectivity index (χ0v) is 82.3. The molecule has 140 heavy (non-hydrogen) atoms. The van der Waals surface area contributed by atoms with E-state index in [9.17, 15) is 28.3 Å². The van der Waals surface area contributed by atoms with Gasteiger partial charge in [0.2, 0.25) is 13.1 Å². The Morgan fingerprint density at radius 2 is 0.757 bits per heavy atom. The average Bonchev–Trinajstić information content (AvgIpc) is 1.65. The Hall–Kier alpha value is -12.2. The number of carbonyl (C=O) groups is 4. The minimum Gasteiger partial charge on any atom is -0.376 e. The number of nitrogens with zero attached hydrogens (tertiary/aromatic N) is 22. The van der Waals surface area contributed by atoms with Gasteiger partial charge in [0.05, 0.1) is 94.5 Å². The molecule has 4 amide bonds. The zero-order chi connectivity index (χ0) is 99.2. The van der Waals surface area contributed by atoms with Crippen LogP contribution in [-0.4, -0.2) is 254 Å². The van der Waals surface area contributed by atoms with Crippen molar-refractivity contribution in [2.75, 3.05) is 101 Å². The lowest BCUT2D eigenvalue weighted by atomic mass is 10.2. The predicted octanol–water partition coefficient (Wildman–Crippen LogP) is 16.1. The van der Waals surface area contributed by atoms with E-state index in [-0.39, 0.29) is 130 Å². The molecule has 4 fully saturated rings. The maximum atomic E-state index is 13.8. The lowest BCUT2D eigenvalue weighted by Crippen LogP contribution is -2.32. The van der Waals surface area contributed by atoms with E-state index in [0.29, 0.717) is 86.2 Å². The van der Waals surface area contributed by atoms with Gasteiger partial charge in [-0.3, -0.25) is 55.6 Å². The van der Waals surface area contributed by atoms with E-state index in [1.807, 2.05) is 79.7 Å². The van der Waals surface area contributed by atoms with Crippen LogP contribution in [0.1, 0.15) is 147 Å². The van der Waals surface area contributed by atoms with Crippen molar-refractivity contribution in [2.24, 2.45) is 9.40 Å². The van der Waals surface area contributed by atoms with Crippen molar-refractivity contribution in [3.8, 4) is 0 Å². The molecule has 738 valence electrons.